The average Bonchev–Trinajstić information content (AvgIpc) is 2.93. The number of carbonyl (C=O) groups is 1. The summed E-state index contributed by atoms with van der Waals surface area (Å²) in [5, 5.41) is 9.18. The van der Waals surface area contributed by atoms with E-state index in [1.165, 1.54) is 11.3 Å². The SMILES string of the molecule is NNC(=O)c1ccc(COc2ccccc2CO)s1. The van der Waals surface area contributed by atoms with Gasteiger partial charge in [0.1, 0.15) is 12.4 Å². The maximum absolute atomic E-state index is 11.3. The molecule has 0 saturated heterocycles. The first-order valence-corrected chi connectivity index (χ1v) is 6.47. The van der Waals surface area contributed by atoms with Crippen molar-refractivity contribution in [3.8, 4) is 5.75 Å². The molecular weight excluding hydrogens is 264 g/mol. The summed E-state index contributed by atoms with van der Waals surface area (Å²) in [7, 11) is 0. The Labute approximate surface area is 114 Å². The number of thiophene rings is 1. The highest BCUT2D eigenvalue weighted by molar-refractivity contribution is 7.14. The maximum Gasteiger partial charge on any atom is 0.275 e. The van der Waals surface area contributed by atoms with Gasteiger partial charge in [0, 0.05) is 10.4 Å². The van der Waals surface area contributed by atoms with Crippen molar-refractivity contribution >= 4 is 17.2 Å². The van der Waals surface area contributed by atoms with E-state index >= 15 is 0 Å². The van der Waals surface area contributed by atoms with Crippen LogP contribution in [0, 0.1) is 0 Å². The number of benzene rings is 1. The highest BCUT2D eigenvalue weighted by Crippen LogP contribution is 2.22. The van der Waals surface area contributed by atoms with E-state index in [1.54, 1.807) is 18.2 Å². The van der Waals surface area contributed by atoms with Crippen LogP contribution in [0.3, 0.4) is 0 Å². The minimum Gasteiger partial charge on any atom is -0.488 e. The van der Waals surface area contributed by atoms with E-state index in [4.69, 9.17) is 10.6 Å². The normalized spacial score (nSPS) is 10.2. The molecule has 0 aliphatic carbocycles. The Balaban J connectivity index is 2.02. The first-order valence-electron chi connectivity index (χ1n) is 5.66. The second-order valence-electron chi connectivity index (χ2n) is 3.79. The molecule has 0 aliphatic rings. The predicted octanol–water partition coefficient (Wildman–Crippen LogP) is 1.42. The summed E-state index contributed by atoms with van der Waals surface area (Å²) in [6, 6.07) is 10.8. The highest BCUT2D eigenvalue weighted by Gasteiger charge is 2.08. The molecule has 1 amide bonds. The fraction of sp³-hybridized carbons (Fsp3) is 0.154. The van der Waals surface area contributed by atoms with Crippen LogP contribution in [0.15, 0.2) is 36.4 Å². The van der Waals surface area contributed by atoms with Crippen LogP contribution in [0.2, 0.25) is 0 Å². The third kappa shape index (κ3) is 3.31. The van der Waals surface area contributed by atoms with Gasteiger partial charge in [0.25, 0.3) is 5.91 Å². The Bertz CT molecular complexity index is 569. The van der Waals surface area contributed by atoms with Crippen molar-refractivity contribution in [1.82, 2.24) is 5.43 Å². The van der Waals surface area contributed by atoms with Gasteiger partial charge in [0.2, 0.25) is 0 Å². The van der Waals surface area contributed by atoms with Crippen molar-refractivity contribution in [1.29, 1.82) is 0 Å². The molecule has 2 rings (SSSR count). The van der Waals surface area contributed by atoms with Gasteiger partial charge in [-0.25, -0.2) is 5.84 Å². The average molecular weight is 278 g/mol. The summed E-state index contributed by atoms with van der Waals surface area (Å²) < 4.78 is 5.63. The molecule has 4 N–H and O–H groups in total. The molecule has 0 unspecified atom stereocenters. The molecule has 1 heterocycles. The van der Waals surface area contributed by atoms with Gasteiger partial charge in [-0.2, -0.15) is 0 Å². The van der Waals surface area contributed by atoms with Crippen molar-refractivity contribution in [2.75, 3.05) is 0 Å². The predicted molar refractivity (Wildman–Crippen MR) is 72.7 cm³/mol. The lowest BCUT2D eigenvalue weighted by Crippen LogP contribution is -2.29. The fourth-order valence-corrected chi connectivity index (χ4v) is 2.40. The number of nitrogens with two attached hydrogens (primary N) is 1. The monoisotopic (exact) mass is 278 g/mol. The molecular formula is C13H14N2O3S. The number of para-hydroxylation sites is 1. The van der Waals surface area contributed by atoms with Gasteiger partial charge in [-0.15, -0.1) is 11.3 Å². The van der Waals surface area contributed by atoms with Gasteiger partial charge < -0.3 is 9.84 Å². The number of hydrogen-bond acceptors (Lipinski definition) is 5. The summed E-state index contributed by atoms with van der Waals surface area (Å²) in [4.78, 5) is 12.7. The number of ether oxygens (including phenoxy) is 1. The number of hydrazine groups is 1. The van der Waals surface area contributed by atoms with Crippen LogP contribution in [0.1, 0.15) is 20.1 Å². The molecule has 100 valence electrons. The molecule has 2 aromatic rings. The summed E-state index contributed by atoms with van der Waals surface area (Å²) in [6.45, 7) is 0.279. The number of aliphatic hydroxyl groups is 1. The van der Waals surface area contributed by atoms with E-state index in [-0.39, 0.29) is 12.5 Å². The van der Waals surface area contributed by atoms with Crippen LogP contribution >= 0.6 is 11.3 Å². The summed E-state index contributed by atoms with van der Waals surface area (Å²) in [5.74, 6) is 5.39. The number of carbonyl (C=O) groups excluding carboxylic acids is 1. The molecule has 1 aromatic heterocycles. The molecule has 6 heteroatoms. The standard InChI is InChI=1S/C13H14N2O3S/c14-15-13(17)12-6-5-10(19-12)8-18-11-4-2-1-3-9(11)7-16/h1-6,16H,7-8,14H2,(H,15,17). The van der Waals surface area contributed by atoms with E-state index in [2.05, 4.69) is 5.43 Å². The topological polar surface area (TPSA) is 84.6 Å². The van der Waals surface area contributed by atoms with Crippen LogP contribution in [0.4, 0.5) is 0 Å². The molecule has 0 saturated carbocycles. The Morgan fingerprint density at radius 2 is 2.11 bits per heavy atom. The molecule has 19 heavy (non-hydrogen) atoms. The Morgan fingerprint density at radius 3 is 2.84 bits per heavy atom. The first kappa shape index (κ1) is 13.5. The third-order valence-corrected chi connectivity index (χ3v) is 3.59. The molecule has 5 nitrogen and oxygen atoms in total. The van der Waals surface area contributed by atoms with Crippen molar-refractivity contribution in [2.24, 2.45) is 5.84 Å². The van der Waals surface area contributed by atoms with Crippen LogP contribution in [-0.2, 0) is 13.2 Å². The molecule has 0 radical (unpaired) electrons. The number of amides is 1. The number of nitrogen functional groups attached to an aromatic ring is 1. The minimum atomic E-state index is -0.313. The van der Waals surface area contributed by atoms with Crippen molar-refractivity contribution in [3.05, 3.63) is 51.7 Å². The van der Waals surface area contributed by atoms with Crippen molar-refractivity contribution in [2.45, 2.75) is 13.2 Å². The van der Waals surface area contributed by atoms with E-state index in [9.17, 15) is 9.90 Å². The molecule has 0 bridgehead atoms. The Hall–Kier alpha value is -1.89. The van der Waals surface area contributed by atoms with Gasteiger partial charge >= 0.3 is 0 Å². The van der Waals surface area contributed by atoms with E-state index in [0.29, 0.717) is 17.2 Å². The lowest BCUT2D eigenvalue weighted by atomic mass is 10.2. The molecule has 0 fully saturated rings. The van der Waals surface area contributed by atoms with Gasteiger partial charge in [-0.05, 0) is 18.2 Å². The Kier molecular flexibility index (Phi) is 4.51. The Morgan fingerprint density at radius 1 is 1.32 bits per heavy atom. The zero-order valence-corrected chi connectivity index (χ0v) is 10.9. The third-order valence-electron chi connectivity index (χ3n) is 2.53. The summed E-state index contributed by atoms with van der Waals surface area (Å²) in [6.07, 6.45) is 0. The molecule has 1 aromatic carbocycles. The van der Waals surface area contributed by atoms with Crippen LogP contribution < -0.4 is 16.0 Å². The molecule has 0 atom stereocenters. The smallest absolute Gasteiger partial charge is 0.275 e. The largest absolute Gasteiger partial charge is 0.488 e. The van der Waals surface area contributed by atoms with Crippen molar-refractivity contribution in [3.63, 3.8) is 0 Å². The van der Waals surface area contributed by atoms with Gasteiger partial charge in [0.05, 0.1) is 11.5 Å². The zero-order valence-electron chi connectivity index (χ0n) is 10.1. The van der Waals surface area contributed by atoms with Crippen molar-refractivity contribution < 1.29 is 14.6 Å². The zero-order chi connectivity index (χ0) is 13.7. The quantitative estimate of drug-likeness (QED) is 0.439. The van der Waals surface area contributed by atoms with Gasteiger partial charge in [-0.1, -0.05) is 18.2 Å². The first-order chi connectivity index (χ1) is 9.24. The number of aliphatic hydroxyl groups excluding tert-OH is 1. The minimum absolute atomic E-state index is 0.0680. The van der Waals surface area contributed by atoms with Crippen LogP contribution in [0.5, 0.6) is 5.75 Å². The van der Waals surface area contributed by atoms with Crippen LogP contribution in [-0.4, -0.2) is 11.0 Å². The van der Waals surface area contributed by atoms with E-state index in [0.717, 1.165) is 10.4 Å². The van der Waals surface area contributed by atoms with Gasteiger partial charge in [0.15, 0.2) is 0 Å². The van der Waals surface area contributed by atoms with Gasteiger partial charge in [-0.3, -0.25) is 10.2 Å². The highest BCUT2D eigenvalue weighted by atomic mass is 32.1. The second kappa shape index (κ2) is 6.33. The fourth-order valence-electron chi connectivity index (χ4n) is 1.57. The second-order valence-corrected chi connectivity index (χ2v) is 4.96. The summed E-state index contributed by atoms with van der Waals surface area (Å²) in [5.41, 5.74) is 2.82. The van der Waals surface area contributed by atoms with E-state index in [1.807, 2.05) is 18.2 Å². The summed E-state index contributed by atoms with van der Waals surface area (Å²) >= 11 is 1.32. The molecule has 0 spiro atoms. The number of nitrogens with one attached hydrogen (secondary N) is 1. The molecule has 0 aliphatic heterocycles. The van der Waals surface area contributed by atoms with Crippen LogP contribution in [0.25, 0.3) is 0 Å². The lowest BCUT2D eigenvalue weighted by Gasteiger charge is -2.08. The maximum atomic E-state index is 11.3. The number of rotatable bonds is 5. The number of hydrogen-bond donors (Lipinski definition) is 3. The van der Waals surface area contributed by atoms with E-state index < -0.39 is 0 Å². The lowest BCUT2D eigenvalue weighted by molar-refractivity contribution is 0.0957.